The van der Waals surface area contributed by atoms with Gasteiger partial charge in [-0.25, -0.2) is 0 Å². The van der Waals surface area contributed by atoms with Crippen molar-refractivity contribution in [1.82, 2.24) is 0 Å². The first-order chi connectivity index (χ1) is 7.83. The normalized spacial score (nSPS) is 11.4. The summed E-state index contributed by atoms with van der Waals surface area (Å²) in [5, 5.41) is 16.4. The monoisotopic (exact) mass is 262 g/mol. The number of nitrogens with two attached hydrogens (primary N) is 2. The first-order valence-electron chi connectivity index (χ1n) is 5.85. The highest BCUT2D eigenvalue weighted by Crippen LogP contribution is 2.06. The Labute approximate surface area is 108 Å². The van der Waals surface area contributed by atoms with Crippen molar-refractivity contribution >= 4 is 11.9 Å². The Morgan fingerprint density at radius 2 is 1.06 bits per heavy atom. The Balaban J connectivity index is 0. The minimum atomic E-state index is -0.784. The van der Waals surface area contributed by atoms with Crippen LogP contribution >= 0.6 is 0 Å². The van der Waals surface area contributed by atoms with Gasteiger partial charge in [-0.05, 0) is 40.5 Å². The van der Waals surface area contributed by atoms with Crippen LogP contribution in [0.15, 0.2) is 0 Å². The molecule has 6 nitrogen and oxygen atoms in total. The Morgan fingerprint density at radius 1 is 0.833 bits per heavy atom. The molecule has 18 heavy (non-hydrogen) atoms. The molecule has 0 aromatic heterocycles. The maximum atomic E-state index is 9.99. The SMILES string of the molecule is CC(C)(N)CCC(=O)O.CC(C)(N)CCC(=O)O. The number of rotatable bonds is 6. The van der Waals surface area contributed by atoms with Crippen molar-refractivity contribution in [3.63, 3.8) is 0 Å². The first kappa shape index (κ1) is 19.2. The van der Waals surface area contributed by atoms with Crippen LogP contribution in [-0.4, -0.2) is 33.2 Å². The molecule has 0 fully saturated rings. The summed E-state index contributed by atoms with van der Waals surface area (Å²) in [7, 11) is 0. The standard InChI is InChI=1S/2C6H13NO2/c2*1-6(2,7)4-3-5(8)9/h2*3-4,7H2,1-2H3,(H,8,9). The summed E-state index contributed by atoms with van der Waals surface area (Å²) < 4.78 is 0. The quantitative estimate of drug-likeness (QED) is 0.569. The highest BCUT2D eigenvalue weighted by Gasteiger charge is 2.12. The van der Waals surface area contributed by atoms with Crippen LogP contribution in [0.2, 0.25) is 0 Å². The van der Waals surface area contributed by atoms with E-state index >= 15 is 0 Å². The van der Waals surface area contributed by atoms with Crippen LogP contribution in [0, 0.1) is 0 Å². The fourth-order valence-electron chi connectivity index (χ4n) is 0.858. The van der Waals surface area contributed by atoms with Gasteiger partial charge in [0.05, 0.1) is 0 Å². The van der Waals surface area contributed by atoms with Crippen LogP contribution in [0.3, 0.4) is 0 Å². The van der Waals surface area contributed by atoms with Gasteiger partial charge in [-0.2, -0.15) is 0 Å². The predicted molar refractivity (Wildman–Crippen MR) is 70.3 cm³/mol. The molecule has 0 saturated heterocycles. The van der Waals surface area contributed by atoms with Gasteiger partial charge >= 0.3 is 11.9 Å². The lowest BCUT2D eigenvalue weighted by atomic mass is 10.0. The highest BCUT2D eigenvalue weighted by molar-refractivity contribution is 5.67. The molecule has 0 aromatic rings. The Kier molecular flexibility index (Phi) is 8.59. The first-order valence-corrected chi connectivity index (χ1v) is 5.85. The van der Waals surface area contributed by atoms with Crippen LogP contribution in [0.1, 0.15) is 53.4 Å². The van der Waals surface area contributed by atoms with E-state index in [1.54, 1.807) is 0 Å². The maximum Gasteiger partial charge on any atom is 0.303 e. The Hall–Kier alpha value is -1.14. The second-order valence-electron chi connectivity index (χ2n) is 5.76. The van der Waals surface area contributed by atoms with Crippen molar-refractivity contribution in [1.29, 1.82) is 0 Å². The molecule has 0 aromatic carbocycles. The average molecular weight is 262 g/mol. The fourth-order valence-corrected chi connectivity index (χ4v) is 0.858. The number of carboxylic acid groups (broad SMARTS) is 2. The lowest BCUT2D eigenvalue weighted by Crippen LogP contribution is -2.32. The van der Waals surface area contributed by atoms with E-state index in [1.165, 1.54) is 0 Å². The van der Waals surface area contributed by atoms with Crippen molar-refractivity contribution in [3.05, 3.63) is 0 Å². The van der Waals surface area contributed by atoms with Gasteiger partial charge < -0.3 is 21.7 Å². The third kappa shape index (κ3) is 24.2. The second-order valence-corrected chi connectivity index (χ2v) is 5.76. The molecule has 6 N–H and O–H groups in total. The molecule has 0 aliphatic carbocycles. The van der Waals surface area contributed by atoms with E-state index < -0.39 is 11.9 Å². The van der Waals surface area contributed by atoms with Crippen LogP contribution < -0.4 is 11.5 Å². The van der Waals surface area contributed by atoms with Crippen molar-refractivity contribution in [3.8, 4) is 0 Å². The van der Waals surface area contributed by atoms with E-state index in [-0.39, 0.29) is 23.9 Å². The summed E-state index contributed by atoms with van der Waals surface area (Å²) in [5.41, 5.74) is 10.3. The molecular weight excluding hydrogens is 236 g/mol. The van der Waals surface area contributed by atoms with E-state index in [4.69, 9.17) is 21.7 Å². The number of carboxylic acids is 2. The lowest BCUT2D eigenvalue weighted by molar-refractivity contribution is -0.138. The summed E-state index contributed by atoms with van der Waals surface area (Å²) in [6.07, 6.45) is 1.37. The highest BCUT2D eigenvalue weighted by atomic mass is 16.4. The lowest BCUT2D eigenvalue weighted by Gasteiger charge is -2.15. The van der Waals surface area contributed by atoms with Gasteiger partial charge in [0.25, 0.3) is 0 Å². The smallest absolute Gasteiger partial charge is 0.303 e. The molecule has 0 aliphatic rings. The summed E-state index contributed by atoms with van der Waals surface area (Å²) in [6, 6.07) is 0. The minimum absolute atomic E-state index is 0.156. The number of aliphatic carboxylic acids is 2. The Morgan fingerprint density at radius 3 is 1.11 bits per heavy atom. The van der Waals surface area contributed by atoms with Crippen molar-refractivity contribution in [2.45, 2.75) is 64.5 Å². The summed E-state index contributed by atoms with van der Waals surface area (Å²) in [5.74, 6) is -1.57. The summed E-state index contributed by atoms with van der Waals surface area (Å²) >= 11 is 0. The Bertz CT molecular complexity index is 236. The molecule has 108 valence electrons. The van der Waals surface area contributed by atoms with Crippen LogP contribution in [0.25, 0.3) is 0 Å². The molecule has 0 aliphatic heterocycles. The number of hydrogen-bond acceptors (Lipinski definition) is 4. The molecule has 0 spiro atoms. The fraction of sp³-hybridized carbons (Fsp3) is 0.833. The van der Waals surface area contributed by atoms with Crippen LogP contribution in [-0.2, 0) is 9.59 Å². The van der Waals surface area contributed by atoms with Crippen molar-refractivity contribution in [2.75, 3.05) is 0 Å². The second kappa shape index (κ2) is 8.05. The van der Waals surface area contributed by atoms with Gasteiger partial charge in [0.1, 0.15) is 0 Å². The van der Waals surface area contributed by atoms with E-state index in [2.05, 4.69) is 0 Å². The maximum absolute atomic E-state index is 9.99. The van der Waals surface area contributed by atoms with E-state index in [0.29, 0.717) is 12.8 Å². The van der Waals surface area contributed by atoms with E-state index in [1.807, 2.05) is 27.7 Å². The molecule has 0 atom stereocenters. The molecule has 0 heterocycles. The number of carbonyl (C=O) groups is 2. The third-order valence-electron chi connectivity index (χ3n) is 1.97. The van der Waals surface area contributed by atoms with Crippen LogP contribution in [0.4, 0.5) is 0 Å². The largest absolute Gasteiger partial charge is 0.481 e. The third-order valence-corrected chi connectivity index (χ3v) is 1.97. The molecule has 0 radical (unpaired) electrons. The molecule has 0 saturated carbocycles. The topological polar surface area (TPSA) is 127 Å². The van der Waals surface area contributed by atoms with Gasteiger partial charge in [0.15, 0.2) is 0 Å². The number of hydrogen-bond donors (Lipinski definition) is 4. The summed E-state index contributed by atoms with van der Waals surface area (Å²) in [4.78, 5) is 20.0. The van der Waals surface area contributed by atoms with E-state index in [0.717, 1.165) is 0 Å². The molecular formula is C12H26N2O4. The molecule has 0 rings (SSSR count). The van der Waals surface area contributed by atoms with Crippen molar-refractivity contribution < 1.29 is 19.8 Å². The molecule has 0 bridgehead atoms. The minimum Gasteiger partial charge on any atom is -0.481 e. The summed E-state index contributed by atoms with van der Waals surface area (Å²) in [6.45, 7) is 7.26. The van der Waals surface area contributed by atoms with Gasteiger partial charge in [-0.1, -0.05) is 0 Å². The zero-order valence-corrected chi connectivity index (χ0v) is 11.7. The van der Waals surface area contributed by atoms with E-state index in [9.17, 15) is 9.59 Å². The predicted octanol–water partition coefficient (Wildman–Crippen LogP) is 1.18. The molecule has 0 unspecified atom stereocenters. The molecule has 0 amide bonds. The molecule has 6 heteroatoms. The van der Waals surface area contributed by atoms with Crippen molar-refractivity contribution in [2.24, 2.45) is 11.5 Å². The zero-order chi connectivity index (χ0) is 15.0. The van der Waals surface area contributed by atoms with Gasteiger partial charge in [0.2, 0.25) is 0 Å². The van der Waals surface area contributed by atoms with Gasteiger partial charge in [-0.3, -0.25) is 9.59 Å². The van der Waals surface area contributed by atoms with Gasteiger partial charge in [0, 0.05) is 23.9 Å². The average Bonchev–Trinajstić information content (AvgIpc) is 2.10. The van der Waals surface area contributed by atoms with Crippen LogP contribution in [0.5, 0.6) is 0 Å². The van der Waals surface area contributed by atoms with Gasteiger partial charge in [-0.15, -0.1) is 0 Å². The zero-order valence-electron chi connectivity index (χ0n) is 11.7.